The molecule has 0 amide bonds. The molecule has 58 heavy (non-hydrogen) atoms. The van der Waals surface area contributed by atoms with Crippen LogP contribution >= 0.6 is 11.8 Å². The normalized spacial score (nSPS) is 14.1. The van der Waals surface area contributed by atoms with Crippen LogP contribution in [-0.4, -0.2) is 0 Å². The van der Waals surface area contributed by atoms with Gasteiger partial charge in [0.25, 0.3) is 0 Å². The van der Waals surface area contributed by atoms with E-state index in [1.807, 2.05) is 0 Å². The maximum absolute atomic E-state index is 3.90. The minimum atomic E-state index is 0. The van der Waals surface area contributed by atoms with Gasteiger partial charge in [-0.15, -0.1) is 57.2 Å². The van der Waals surface area contributed by atoms with Crippen LogP contribution in [0.2, 0.25) is 0 Å². The number of anilines is 4. The third kappa shape index (κ3) is 6.90. The first-order valence-electron chi connectivity index (χ1n) is 19.5. The Hall–Kier alpha value is -5.64. The zero-order valence-corrected chi connectivity index (χ0v) is 35.7. The molecule has 2 aliphatic rings. The Labute approximate surface area is 360 Å². The van der Waals surface area contributed by atoms with E-state index in [0.717, 1.165) is 32.5 Å². The second-order valence-electron chi connectivity index (χ2n) is 15.7. The second-order valence-corrected chi connectivity index (χ2v) is 16.8. The van der Waals surface area contributed by atoms with Crippen LogP contribution in [0, 0.1) is 24.9 Å². The summed E-state index contributed by atoms with van der Waals surface area (Å²) in [5.41, 5.74) is 16.7. The van der Waals surface area contributed by atoms with Gasteiger partial charge < -0.3 is 9.80 Å². The van der Waals surface area contributed by atoms with E-state index in [9.17, 15) is 0 Å². The Kier molecular flexibility index (Phi) is 10.2. The molecule has 1 aliphatic heterocycles. The molecule has 0 aromatic heterocycles. The minimum Gasteiger partial charge on any atom is -0.493 e. The Balaban J connectivity index is 0.00000436. The average molecular weight is 941 g/mol. The monoisotopic (exact) mass is 941 g/mol. The van der Waals surface area contributed by atoms with E-state index in [1.54, 1.807) is 11.8 Å². The summed E-state index contributed by atoms with van der Waals surface area (Å²) >= 11 is 1.71. The van der Waals surface area contributed by atoms with Gasteiger partial charge in [-0.2, -0.15) is 65.7 Å². The van der Waals surface area contributed by atoms with Crippen molar-refractivity contribution >= 4 is 34.5 Å². The van der Waals surface area contributed by atoms with E-state index in [2.05, 4.69) is 231 Å². The van der Waals surface area contributed by atoms with Crippen LogP contribution in [0.5, 0.6) is 0 Å². The number of benzene rings is 8. The van der Waals surface area contributed by atoms with Gasteiger partial charge in [-0.05, 0) is 40.2 Å². The molecular weight excluding hydrogens is 901 g/mol. The fourth-order valence-electron chi connectivity index (χ4n) is 8.34. The van der Waals surface area contributed by atoms with Gasteiger partial charge in [0, 0.05) is 48.3 Å². The first-order chi connectivity index (χ1) is 27.9. The molecule has 0 bridgehead atoms. The smallest absolute Gasteiger partial charge is 0.0344 e. The zero-order valence-electron chi connectivity index (χ0n) is 32.5. The van der Waals surface area contributed by atoms with Gasteiger partial charge in [0.1, 0.15) is 0 Å². The van der Waals surface area contributed by atoms with Crippen LogP contribution < -0.4 is 9.80 Å². The molecule has 0 saturated carbocycles. The van der Waals surface area contributed by atoms with Crippen molar-refractivity contribution in [2.45, 2.75) is 41.9 Å². The standard InChI is InChI=1S/C54H40N2S.Ir/c1-54(2,3)40-22-14-21-39(33-40)52-48-26-11-10-25-46(48)47-32-31-43(35-49(47)52)57-42-24-15-23-41(34-42)55-36-56(51-30-13-12-29-50(51)55)53-44(37-17-6-4-7-18-37)27-16-28-45(53)38-19-8-5-9-20-38;/h4-20,22-33,36,52H,1-3H3;/q-4;. The van der Waals surface area contributed by atoms with Gasteiger partial charge in [-0.3, -0.25) is 0 Å². The van der Waals surface area contributed by atoms with Gasteiger partial charge in [-0.25, -0.2) is 0 Å². The SMILES string of the molecule is CC(C)(C)c1cc[c-]c(C2c3[c-]c(Sc4[c-]c(N5[CH-]N(c6c(-c7ccccc7)cccc6-c6ccccc6)c6ccccc65)ccc4)ccc3-c3ccccc32)c1.[Ir]. The van der Waals surface area contributed by atoms with Crippen molar-refractivity contribution in [2.24, 2.45) is 0 Å². The predicted molar refractivity (Wildman–Crippen MR) is 237 cm³/mol. The van der Waals surface area contributed by atoms with Gasteiger partial charge >= 0.3 is 0 Å². The van der Waals surface area contributed by atoms with E-state index in [1.165, 1.54) is 55.6 Å². The number of nitrogens with zero attached hydrogens (tertiary/aromatic N) is 2. The third-order valence-corrected chi connectivity index (χ3v) is 12.0. The van der Waals surface area contributed by atoms with Crippen LogP contribution in [0.4, 0.5) is 22.7 Å². The van der Waals surface area contributed by atoms with Gasteiger partial charge in [-0.1, -0.05) is 142 Å². The van der Waals surface area contributed by atoms with Crippen molar-refractivity contribution in [2.75, 3.05) is 9.80 Å². The molecule has 8 aromatic rings. The maximum Gasteiger partial charge on any atom is 0.0344 e. The van der Waals surface area contributed by atoms with Crippen molar-refractivity contribution in [1.82, 2.24) is 0 Å². The summed E-state index contributed by atoms with van der Waals surface area (Å²) < 4.78 is 0. The van der Waals surface area contributed by atoms with Gasteiger partial charge in [0.2, 0.25) is 0 Å². The van der Waals surface area contributed by atoms with Crippen LogP contribution in [0.25, 0.3) is 33.4 Å². The summed E-state index contributed by atoms with van der Waals surface area (Å²) in [5.74, 6) is 0.0792. The molecule has 0 spiro atoms. The zero-order chi connectivity index (χ0) is 38.5. The Bertz CT molecular complexity index is 2700. The van der Waals surface area contributed by atoms with Gasteiger partial charge in [0.15, 0.2) is 0 Å². The molecule has 0 N–H and O–H groups in total. The number of rotatable bonds is 7. The van der Waals surface area contributed by atoms with Crippen molar-refractivity contribution < 1.29 is 20.1 Å². The van der Waals surface area contributed by atoms with Crippen molar-refractivity contribution in [1.29, 1.82) is 0 Å². The molecule has 4 heteroatoms. The van der Waals surface area contributed by atoms with Crippen LogP contribution in [0.1, 0.15) is 48.9 Å². The largest absolute Gasteiger partial charge is 0.493 e. The van der Waals surface area contributed by atoms with Crippen LogP contribution in [-0.2, 0) is 25.5 Å². The first-order valence-corrected chi connectivity index (χ1v) is 20.4. The van der Waals surface area contributed by atoms with Crippen molar-refractivity contribution in [3.05, 3.63) is 223 Å². The number of hydrogen-bond donors (Lipinski definition) is 0. The van der Waals surface area contributed by atoms with Crippen LogP contribution in [0.15, 0.2) is 186 Å². The summed E-state index contributed by atoms with van der Waals surface area (Å²) in [7, 11) is 0. The Morgan fingerprint density at radius 2 is 1.16 bits per heavy atom. The molecule has 1 heterocycles. The molecule has 8 aromatic carbocycles. The molecule has 10 rings (SSSR count). The molecule has 1 unspecified atom stereocenters. The number of hydrogen-bond acceptors (Lipinski definition) is 3. The number of para-hydroxylation sites is 3. The Morgan fingerprint density at radius 1 is 0.552 bits per heavy atom. The molecule has 0 fully saturated rings. The topological polar surface area (TPSA) is 6.48 Å². The molecule has 285 valence electrons. The maximum atomic E-state index is 3.90. The van der Waals surface area contributed by atoms with E-state index >= 15 is 0 Å². The first kappa shape index (κ1) is 37.9. The molecule has 0 saturated heterocycles. The summed E-state index contributed by atoms with van der Waals surface area (Å²) in [5, 5.41) is 0. The average Bonchev–Trinajstić information content (AvgIpc) is 3.80. The van der Waals surface area contributed by atoms with Gasteiger partial charge in [0.05, 0.1) is 0 Å². The van der Waals surface area contributed by atoms with Crippen molar-refractivity contribution in [3.63, 3.8) is 0 Å². The molecule has 1 atom stereocenters. The van der Waals surface area contributed by atoms with E-state index in [0.29, 0.717) is 0 Å². The summed E-state index contributed by atoms with van der Waals surface area (Å²) in [6, 6.07) is 74.3. The van der Waals surface area contributed by atoms with E-state index in [-0.39, 0.29) is 31.4 Å². The fourth-order valence-corrected chi connectivity index (χ4v) is 9.18. The summed E-state index contributed by atoms with van der Waals surface area (Å²) in [6.45, 7) is 9.05. The molecular formula is C54H40IrN2S-4. The Morgan fingerprint density at radius 3 is 1.86 bits per heavy atom. The number of fused-ring (bicyclic) bond motifs is 4. The predicted octanol–water partition coefficient (Wildman–Crippen LogP) is 14.4. The summed E-state index contributed by atoms with van der Waals surface area (Å²) in [4.78, 5) is 6.73. The fraction of sp³-hybridized carbons (Fsp3) is 0.0926. The molecule has 1 aliphatic carbocycles. The van der Waals surface area contributed by atoms with Crippen molar-refractivity contribution in [3.8, 4) is 33.4 Å². The molecule has 2 nitrogen and oxygen atoms in total. The van der Waals surface area contributed by atoms with Crippen LogP contribution in [0.3, 0.4) is 0 Å². The second kappa shape index (κ2) is 15.6. The summed E-state index contributed by atoms with van der Waals surface area (Å²) in [6.07, 6.45) is 0. The quantitative estimate of drug-likeness (QED) is 0.147. The third-order valence-electron chi connectivity index (χ3n) is 11.1. The van der Waals surface area contributed by atoms with E-state index < -0.39 is 0 Å². The van der Waals surface area contributed by atoms with E-state index in [4.69, 9.17) is 0 Å². The minimum absolute atomic E-state index is 0. The molecule has 1 radical (unpaired) electrons.